The fraction of sp³-hybridized carbons (Fsp3) is 0.727. The Hall–Kier alpha value is -0.590. The van der Waals surface area contributed by atoms with Crippen LogP contribution in [0, 0.1) is 5.41 Å². The van der Waals surface area contributed by atoms with Crippen molar-refractivity contribution in [2.24, 2.45) is 5.41 Å². The lowest BCUT2D eigenvalue weighted by atomic mass is 9.88. The minimum atomic E-state index is 0.187. The predicted octanol–water partition coefficient (Wildman–Crippen LogP) is 3.10. The molecule has 1 saturated carbocycles. The van der Waals surface area contributed by atoms with Crippen molar-refractivity contribution in [1.82, 2.24) is 0 Å². The third kappa shape index (κ3) is 2.47. The van der Waals surface area contributed by atoms with Gasteiger partial charge in [-0.2, -0.15) is 0 Å². The molecular weight excluding hydrogens is 148 g/mol. The number of allylic oxidation sites excluding steroid dienone is 2. The maximum absolute atomic E-state index is 11.1. The van der Waals surface area contributed by atoms with Gasteiger partial charge in [0.1, 0.15) is 5.78 Å². The van der Waals surface area contributed by atoms with Crippen molar-refractivity contribution in [3.8, 4) is 0 Å². The zero-order chi connectivity index (χ0) is 9.03. The fourth-order valence-corrected chi connectivity index (χ4v) is 1.73. The Labute approximate surface area is 74.9 Å². The number of ketones is 1. The van der Waals surface area contributed by atoms with Crippen LogP contribution in [0.3, 0.4) is 0 Å². The first-order valence-corrected chi connectivity index (χ1v) is 4.86. The highest BCUT2D eigenvalue weighted by atomic mass is 16.1. The third-order valence-corrected chi connectivity index (χ3v) is 2.55. The number of carbonyl (C=O) groups excluding carboxylic acids is 1. The molecule has 12 heavy (non-hydrogen) atoms. The largest absolute Gasteiger partial charge is 0.300 e. The van der Waals surface area contributed by atoms with E-state index in [4.69, 9.17) is 0 Å². The van der Waals surface area contributed by atoms with Crippen LogP contribution in [0.4, 0.5) is 0 Å². The van der Waals surface area contributed by atoms with Gasteiger partial charge < -0.3 is 0 Å². The van der Waals surface area contributed by atoms with Crippen LogP contribution in [0.1, 0.15) is 46.0 Å². The lowest BCUT2D eigenvalue weighted by Crippen LogP contribution is -2.07. The number of hydrogen-bond acceptors (Lipinski definition) is 1. The summed E-state index contributed by atoms with van der Waals surface area (Å²) < 4.78 is 0. The minimum Gasteiger partial charge on any atom is -0.300 e. The zero-order valence-corrected chi connectivity index (χ0v) is 8.10. The summed E-state index contributed by atoms with van der Waals surface area (Å²) in [6.45, 7) is 4.36. The van der Waals surface area contributed by atoms with E-state index in [-0.39, 0.29) is 5.41 Å². The van der Waals surface area contributed by atoms with Crippen LogP contribution < -0.4 is 0 Å². The van der Waals surface area contributed by atoms with Gasteiger partial charge in [0.2, 0.25) is 0 Å². The maximum atomic E-state index is 11.1. The standard InChI is InChI=1S/C11H18O/c1-3-4-5-7-11(2)8-6-10(12)9-11/h5,7H,3-4,6,8-9H2,1-2H3/b7-5+/t11-/m0/s1. The van der Waals surface area contributed by atoms with E-state index in [0.717, 1.165) is 25.7 Å². The Morgan fingerprint density at radius 3 is 2.83 bits per heavy atom. The second-order valence-corrected chi connectivity index (χ2v) is 4.06. The highest BCUT2D eigenvalue weighted by molar-refractivity contribution is 5.81. The highest BCUT2D eigenvalue weighted by Crippen LogP contribution is 2.36. The molecule has 0 spiro atoms. The first-order chi connectivity index (χ1) is 5.66. The number of Topliss-reactive ketones (excluding diaryl/α,β-unsaturated/α-hetero) is 1. The van der Waals surface area contributed by atoms with E-state index in [1.807, 2.05) is 0 Å². The van der Waals surface area contributed by atoms with Gasteiger partial charge in [-0.1, -0.05) is 32.4 Å². The van der Waals surface area contributed by atoms with Crippen molar-refractivity contribution in [2.45, 2.75) is 46.0 Å². The highest BCUT2D eigenvalue weighted by Gasteiger charge is 2.30. The number of carbonyl (C=O) groups is 1. The Morgan fingerprint density at radius 1 is 1.58 bits per heavy atom. The molecule has 0 saturated heterocycles. The average Bonchev–Trinajstić information content (AvgIpc) is 2.32. The normalized spacial score (nSPS) is 30.3. The Kier molecular flexibility index (Phi) is 3.07. The summed E-state index contributed by atoms with van der Waals surface area (Å²) in [4.78, 5) is 11.1. The van der Waals surface area contributed by atoms with Crippen LogP contribution in [0.5, 0.6) is 0 Å². The van der Waals surface area contributed by atoms with Gasteiger partial charge in [0, 0.05) is 12.8 Å². The Bertz CT molecular complexity index is 193. The van der Waals surface area contributed by atoms with Gasteiger partial charge >= 0.3 is 0 Å². The summed E-state index contributed by atoms with van der Waals surface area (Å²) in [7, 11) is 0. The lowest BCUT2D eigenvalue weighted by Gasteiger charge is -2.16. The smallest absolute Gasteiger partial charge is 0.133 e. The molecule has 1 rings (SSSR count). The van der Waals surface area contributed by atoms with Crippen molar-refractivity contribution in [3.63, 3.8) is 0 Å². The van der Waals surface area contributed by atoms with Crippen LogP contribution in [-0.4, -0.2) is 5.78 Å². The van der Waals surface area contributed by atoms with Crippen LogP contribution in [0.15, 0.2) is 12.2 Å². The summed E-state index contributed by atoms with van der Waals surface area (Å²) in [5.41, 5.74) is 0.187. The molecule has 0 heterocycles. The molecule has 0 N–H and O–H groups in total. The summed E-state index contributed by atoms with van der Waals surface area (Å²) in [5, 5.41) is 0. The van der Waals surface area contributed by atoms with E-state index in [9.17, 15) is 4.79 Å². The molecule has 68 valence electrons. The van der Waals surface area contributed by atoms with Crippen LogP contribution >= 0.6 is 0 Å². The number of hydrogen-bond donors (Lipinski definition) is 0. The van der Waals surface area contributed by atoms with Crippen LogP contribution in [0.2, 0.25) is 0 Å². The van der Waals surface area contributed by atoms with Gasteiger partial charge in [0.15, 0.2) is 0 Å². The van der Waals surface area contributed by atoms with Crippen LogP contribution in [0.25, 0.3) is 0 Å². The maximum Gasteiger partial charge on any atom is 0.133 e. The SMILES string of the molecule is CCC/C=C/[C@@]1(C)CCC(=O)C1. The third-order valence-electron chi connectivity index (χ3n) is 2.55. The van der Waals surface area contributed by atoms with Crippen molar-refractivity contribution in [1.29, 1.82) is 0 Å². The molecule has 1 heteroatoms. The predicted molar refractivity (Wildman–Crippen MR) is 51.0 cm³/mol. The van der Waals surface area contributed by atoms with E-state index >= 15 is 0 Å². The molecule has 0 aromatic carbocycles. The summed E-state index contributed by atoms with van der Waals surface area (Å²) >= 11 is 0. The number of unbranched alkanes of at least 4 members (excludes halogenated alkanes) is 1. The molecule has 0 aliphatic heterocycles. The quantitative estimate of drug-likeness (QED) is 0.589. The summed E-state index contributed by atoms with van der Waals surface area (Å²) in [6.07, 6.45) is 9.39. The second-order valence-electron chi connectivity index (χ2n) is 4.06. The number of rotatable bonds is 3. The molecular formula is C11H18O. The van der Waals surface area contributed by atoms with E-state index in [1.165, 1.54) is 6.42 Å². The van der Waals surface area contributed by atoms with Crippen molar-refractivity contribution in [2.75, 3.05) is 0 Å². The van der Waals surface area contributed by atoms with Gasteiger partial charge in [-0.25, -0.2) is 0 Å². The molecule has 1 aliphatic carbocycles. The Morgan fingerprint density at radius 2 is 2.33 bits per heavy atom. The van der Waals surface area contributed by atoms with Gasteiger partial charge in [-0.05, 0) is 18.3 Å². The van der Waals surface area contributed by atoms with Gasteiger partial charge in [0.25, 0.3) is 0 Å². The van der Waals surface area contributed by atoms with Gasteiger partial charge in [-0.3, -0.25) is 4.79 Å². The fourth-order valence-electron chi connectivity index (χ4n) is 1.73. The molecule has 1 fully saturated rings. The molecule has 1 nitrogen and oxygen atoms in total. The molecule has 0 radical (unpaired) electrons. The first-order valence-electron chi connectivity index (χ1n) is 4.86. The van der Waals surface area contributed by atoms with Crippen molar-refractivity contribution < 1.29 is 4.79 Å². The monoisotopic (exact) mass is 166 g/mol. The average molecular weight is 166 g/mol. The summed E-state index contributed by atoms with van der Waals surface area (Å²) in [6, 6.07) is 0. The lowest BCUT2D eigenvalue weighted by molar-refractivity contribution is -0.117. The first kappa shape index (κ1) is 9.50. The molecule has 0 aromatic rings. The molecule has 1 aliphatic rings. The minimum absolute atomic E-state index is 0.187. The Balaban J connectivity index is 2.44. The van der Waals surface area contributed by atoms with Crippen molar-refractivity contribution >= 4 is 5.78 Å². The molecule has 0 amide bonds. The van der Waals surface area contributed by atoms with Gasteiger partial charge in [0.05, 0.1) is 0 Å². The van der Waals surface area contributed by atoms with Gasteiger partial charge in [-0.15, -0.1) is 0 Å². The van der Waals surface area contributed by atoms with E-state index in [2.05, 4.69) is 26.0 Å². The zero-order valence-electron chi connectivity index (χ0n) is 8.10. The molecule has 0 aromatic heterocycles. The van der Waals surface area contributed by atoms with Crippen LogP contribution in [-0.2, 0) is 4.79 Å². The van der Waals surface area contributed by atoms with E-state index in [1.54, 1.807) is 0 Å². The second kappa shape index (κ2) is 3.88. The topological polar surface area (TPSA) is 17.1 Å². The molecule has 0 unspecified atom stereocenters. The van der Waals surface area contributed by atoms with E-state index < -0.39 is 0 Å². The van der Waals surface area contributed by atoms with Crippen molar-refractivity contribution in [3.05, 3.63) is 12.2 Å². The molecule has 1 atom stereocenters. The molecule has 0 bridgehead atoms. The van der Waals surface area contributed by atoms with E-state index in [0.29, 0.717) is 5.78 Å². The summed E-state index contributed by atoms with van der Waals surface area (Å²) in [5.74, 6) is 0.429.